The second-order valence-electron chi connectivity index (χ2n) is 19.6. The summed E-state index contributed by atoms with van der Waals surface area (Å²) in [6.07, 6.45) is 6.66. The Morgan fingerprint density at radius 2 is 1.03 bits per heavy atom. The van der Waals surface area contributed by atoms with E-state index in [4.69, 9.17) is 28.9 Å². The topological polar surface area (TPSA) is 193 Å². The number of nitrogens with one attached hydrogen (secondary N) is 4. The lowest BCUT2D eigenvalue weighted by Gasteiger charge is -2.36. The fraction of sp³-hybridized carbons (Fsp3) is 0.500. The van der Waals surface area contributed by atoms with Crippen molar-refractivity contribution >= 4 is 34.8 Å². The molecule has 16 nitrogen and oxygen atoms in total. The lowest BCUT2D eigenvalue weighted by atomic mass is 9.88. The summed E-state index contributed by atoms with van der Waals surface area (Å²) in [5.74, 6) is 1.61. The molecule has 4 amide bonds. The van der Waals surface area contributed by atoms with Gasteiger partial charge in [-0.3, -0.25) is 9.59 Å². The average molecular weight is 929 g/mol. The highest BCUT2D eigenvalue weighted by Crippen LogP contribution is 2.39. The Bertz CT molecular complexity index is 2610. The number of benzene rings is 3. The van der Waals surface area contributed by atoms with Crippen LogP contribution in [-0.4, -0.2) is 119 Å². The Hall–Kier alpha value is -6.26. The molecule has 4 aliphatic heterocycles. The van der Waals surface area contributed by atoms with Crippen molar-refractivity contribution in [3.63, 3.8) is 0 Å². The van der Waals surface area contributed by atoms with Crippen LogP contribution in [0.25, 0.3) is 44.4 Å². The van der Waals surface area contributed by atoms with Gasteiger partial charge >= 0.3 is 12.2 Å². The van der Waals surface area contributed by atoms with Gasteiger partial charge in [0.2, 0.25) is 11.8 Å². The Kier molecular flexibility index (Phi) is 13.9. The maximum atomic E-state index is 14.3. The normalized spacial score (nSPS) is 26.0. The fourth-order valence-corrected chi connectivity index (χ4v) is 11.0. The Morgan fingerprint density at radius 1 is 0.603 bits per heavy atom. The first-order valence-electron chi connectivity index (χ1n) is 24.1. The molecule has 4 fully saturated rings. The second kappa shape index (κ2) is 20.1. The number of hydrogen-bond donors (Lipinski definition) is 4. The zero-order valence-electron chi connectivity index (χ0n) is 39.8. The first kappa shape index (κ1) is 46.8. The second-order valence-corrected chi connectivity index (χ2v) is 19.6. The minimum absolute atomic E-state index is 0.000555. The smallest absolute Gasteiger partial charge is 0.407 e. The van der Waals surface area contributed by atoms with Gasteiger partial charge in [0.25, 0.3) is 0 Å². The number of likely N-dealkylation sites (tertiary alicyclic amines) is 2. The molecule has 0 aliphatic carbocycles. The third kappa shape index (κ3) is 9.98. The minimum atomic E-state index is -0.716. The van der Waals surface area contributed by atoms with E-state index in [1.165, 1.54) is 14.2 Å². The zero-order chi connectivity index (χ0) is 47.6. The van der Waals surface area contributed by atoms with Crippen LogP contribution in [0.5, 0.6) is 0 Å². The molecule has 10 atom stereocenters. The Balaban J connectivity index is 0.876. The SMILES string of the molecule is COC(=O)N[C@H](C(=O)N1C[C@@H](C)C[C@H]1c1ncc(-c2ccc(-c3ccc4cc(-c5cnc([C@@H]6C[C@H](C)CN6C(=O)[C@@H](NC(=O)OC)[C@@H]6CCO[C@@H](C)C6)[nH]5)ccc4c3)cc2)[nH]1)[C@@H]1CCO[C@@H](C)C1. The van der Waals surface area contributed by atoms with Gasteiger partial charge in [-0.25, -0.2) is 19.6 Å². The molecule has 3 aromatic carbocycles. The van der Waals surface area contributed by atoms with Gasteiger partial charge in [-0.2, -0.15) is 0 Å². The summed E-state index contributed by atoms with van der Waals surface area (Å²) in [6.45, 7) is 10.5. The summed E-state index contributed by atoms with van der Waals surface area (Å²) in [5.41, 5.74) is 5.86. The number of nitrogens with zero attached hydrogens (tertiary/aromatic N) is 4. The third-order valence-corrected chi connectivity index (χ3v) is 14.5. The van der Waals surface area contributed by atoms with Gasteiger partial charge in [-0.15, -0.1) is 0 Å². The number of fused-ring (bicyclic) bond motifs is 1. The van der Waals surface area contributed by atoms with Crippen LogP contribution in [-0.2, 0) is 28.5 Å². The van der Waals surface area contributed by atoms with Crippen LogP contribution in [0.3, 0.4) is 0 Å². The van der Waals surface area contributed by atoms with Crippen LogP contribution in [0.15, 0.2) is 73.1 Å². The predicted molar refractivity (Wildman–Crippen MR) is 256 cm³/mol. The van der Waals surface area contributed by atoms with Crippen LogP contribution in [0, 0.1) is 23.7 Å². The zero-order valence-corrected chi connectivity index (χ0v) is 39.8. The molecule has 0 bridgehead atoms. The number of methoxy groups -OCH3 is 2. The van der Waals surface area contributed by atoms with E-state index in [2.05, 4.69) is 95.1 Å². The van der Waals surface area contributed by atoms with E-state index in [9.17, 15) is 19.2 Å². The summed E-state index contributed by atoms with van der Waals surface area (Å²) in [4.78, 5) is 73.9. The Morgan fingerprint density at radius 3 is 1.50 bits per heavy atom. The molecule has 4 N–H and O–H groups in total. The number of carbonyl (C=O) groups excluding carboxylic acids is 4. The Labute approximate surface area is 397 Å². The maximum absolute atomic E-state index is 14.3. The quantitative estimate of drug-likeness (QED) is 0.100. The lowest BCUT2D eigenvalue weighted by Crippen LogP contribution is -2.53. The number of aromatic amines is 2. The fourth-order valence-electron chi connectivity index (χ4n) is 11.0. The van der Waals surface area contributed by atoms with Gasteiger partial charge in [0.1, 0.15) is 23.7 Å². The predicted octanol–water partition coefficient (Wildman–Crippen LogP) is 8.19. The molecule has 2 aromatic heterocycles. The number of amides is 4. The van der Waals surface area contributed by atoms with Gasteiger partial charge in [-0.05, 0) is 116 Å². The molecule has 4 aliphatic rings. The molecule has 0 radical (unpaired) electrons. The van der Waals surface area contributed by atoms with Crippen LogP contribution in [0.4, 0.5) is 9.59 Å². The van der Waals surface area contributed by atoms with Crippen molar-refractivity contribution in [2.45, 2.75) is 103 Å². The summed E-state index contributed by atoms with van der Waals surface area (Å²) in [5, 5.41) is 7.89. The molecule has 68 heavy (non-hydrogen) atoms. The highest BCUT2D eigenvalue weighted by molar-refractivity contribution is 5.91. The monoisotopic (exact) mass is 928 g/mol. The summed E-state index contributed by atoms with van der Waals surface area (Å²) < 4.78 is 21.4. The van der Waals surface area contributed by atoms with Gasteiger partial charge in [0.05, 0.1) is 62.3 Å². The van der Waals surface area contributed by atoms with E-state index in [-0.39, 0.29) is 59.8 Å². The number of alkyl carbamates (subject to hydrolysis) is 2. The van der Waals surface area contributed by atoms with Crippen LogP contribution in [0.2, 0.25) is 0 Å². The van der Waals surface area contributed by atoms with Crippen LogP contribution >= 0.6 is 0 Å². The number of carbonyl (C=O) groups is 4. The molecule has 5 aromatic rings. The molecular weight excluding hydrogens is 865 g/mol. The van der Waals surface area contributed by atoms with E-state index in [0.29, 0.717) is 52.0 Å². The molecule has 360 valence electrons. The summed E-state index contributed by atoms with van der Waals surface area (Å²) >= 11 is 0. The first-order chi connectivity index (χ1) is 32.8. The van der Waals surface area contributed by atoms with Gasteiger partial charge in [-0.1, -0.05) is 62.4 Å². The molecule has 6 heterocycles. The van der Waals surface area contributed by atoms with E-state index < -0.39 is 24.3 Å². The van der Waals surface area contributed by atoms with Gasteiger partial charge in [0, 0.05) is 31.9 Å². The van der Waals surface area contributed by atoms with Gasteiger partial charge in [0.15, 0.2) is 0 Å². The largest absolute Gasteiger partial charge is 0.453 e. The maximum Gasteiger partial charge on any atom is 0.407 e. The molecule has 0 saturated carbocycles. The van der Waals surface area contributed by atoms with Crippen molar-refractivity contribution in [2.24, 2.45) is 23.7 Å². The highest BCUT2D eigenvalue weighted by atomic mass is 16.5. The highest BCUT2D eigenvalue weighted by Gasteiger charge is 2.44. The number of aromatic nitrogens is 4. The van der Waals surface area contributed by atoms with E-state index in [1.807, 2.05) is 36.0 Å². The van der Waals surface area contributed by atoms with Crippen molar-refractivity contribution in [3.05, 3.63) is 84.7 Å². The summed E-state index contributed by atoms with van der Waals surface area (Å²) in [7, 11) is 2.63. The van der Waals surface area contributed by atoms with Crippen molar-refractivity contribution in [2.75, 3.05) is 40.5 Å². The van der Waals surface area contributed by atoms with Crippen LogP contribution in [0.1, 0.15) is 90.0 Å². The average Bonchev–Trinajstić information content (AvgIpc) is 4.19. The first-order valence-corrected chi connectivity index (χ1v) is 24.1. The van der Waals surface area contributed by atoms with E-state index in [0.717, 1.165) is 68.9 Å². The lowest BCUT2D eigenvalue weighted by molar-refractivity contribution is -0.138. The number of rotatable bonds is 11. The van der Waals surface area contributed by atoms with E-state index >= 15 is 0 Å². The number of H-pyrrole nitrogens is 2. The van der Waals surface area contributed by atoms with Crippen molar-refractivity contribution in [1.29, 1.82) is 0 Å². The summed E-state index contributed by atoms with van der Waals surface area (Å²) in [6, 6.07) is 19.3. The number of hydrogen-bond acceptors (Lipinski definition) is 10. The van der Waals surface area contributed by atoms with E-state index in [1.54, 1.807) is 0 Å². The third-order valence-electron chi connectivity index (χ3n) is 14.5. The molecule has 4 saturated heterocycles. The van der Waals surface area contributed by atoms with Crippen molar-refractivity contribution in [3.8, 4) is 33.6 Å². The molecule has 0 unspecified atom stereocenters. The van der Waals surface area contributed by atoms with Gasteiger partial charge < -0.3 is 49.3 Å². The standard InChI is InChI=1S/C52H64N8O8/c1-29-19-43(59(27-29)49(61)45(57-51(63)65-5)39-15-17-67-31(3)21-39)47-53-25-41(55-47)34-9-7-33(8-10-34)35-11-12-37-24-38(14-13-36(37)23-35)42-26-54-48(56-42)44-20-30(2)28-60(44)50(62)46(58-52(64)66-6)40-16-18-68-32(4)22-40/h7-14,23-26,29-32,39-40,43-46H,15-22,27-28H2,1-6H3,(H,53,55)(H,54,56)(H,57,63)(H,58,64)/t29-,30-,31-,32-,39+,40+,43-,44-,45-,46-/m0/s1. The number of ether oxygens (including phenoxy) is 4. The van der Waals surface area contributed by atoms with Crippen LogP contribution < -0.4 is 10.6 Å². The minimum Gasteiger partial charge on any atom is -0.453 e. The molecule has 0 spiro atoms. The number of imidazole rings is 2. The molecular formula is C52H64N8O8. The molecule has 9 rings (SSSR count). The van der Waals surface area contributed by atoms with Crippen molar-refractivity contribution in [1.82, 2.24) is 40.4 Å². The van der Waals surface area contributed by atoms with Crippen molar-refractivity contribution < 1.29 is 38.1 Å². The molecule has 16 heteroatoms.